The Hall–Kier alpha value is -1.88. The normalized spacial score (nSPS) is 20.6. The van der Waals surface area contributed by atoms with Crippen molar-refractivity contribution in [1.29, 1.82) is 5.26 Å². The van der Waals surface area contributed by atoms with E-state index in [9.17, 15) is 13.7 Å². The molecule has 0 spiro atoms. The van der Waals surface area contributed by atoms with Gasteiger partial charge in [-0.1, -0.05) is 23.7 Å². The maximum atomic E-state index is 12.1. The Balaban J connectivity index is 1.75. The molecule has 0 unspecified atom stereocenters. The van der Waals surface area contributed by atoms with Crippen LogP contribution in [-0.2, 0) is 10.0 Å². The van der Waals surface area contributed by atoms with Gasteiger partial charge >= 0.3 is 0 Å². The number of rotatable bonds is 5. The lowest BCUT2D eigenvalue weighted by Crippen LogP contribution is -2.40. The molecule has 8 heteroatoms. The van der Waals surface area contributed by atoms with Gasteiger partial charge in [-0.3, -0.25) is 5.10 Å². The van der Waals surface area contributed by atoms with Crippen LogP contribution in [0.25, 0.3) is 11.3 Å². The number of halogens is 1. The molecule has 2 N–H and O–H groups in total. The van der Waals surface area contributed by atoms with Gasteiger partial charge in [-0.15, -0.1) is 0 Å². The Bertz CT molecular complexity index is 954. The second-order valence-electron chi connectivity index (χ2n) is 7.24. The lowest BCUT2D eigenvalue weighted by atomic mass is 9.83. The molecular weight excluding hydrogens is 384 g/mol. The molecule has 0 atom stereocenters. The van der Waals surface area contributed by atoms with Crippen LogP contribution in [0.3, 0.4) is 0 Å². The lowest BCUT2D eigenvalue weighted by Gasteiger charge is -2.29. The fourth-order valence-electron chi connectivity index (χ4n) is 3.48. The molecule has 1 heterocycles. The Morgan fingerprint density at radius 1 is 1.30 bits per heavy atom. The van der Waals surface area contributed by atoms with E-state index in [1.165, 1.54) is 0 Å². The molecule has 0 amide bonds. The number of hydrogen-bond acceptors (Lipinski definition) is 4. The van der Waals surface area contributed by atoms with Crippen molar-refractivity contribution in [3.8, 4) is 17.3 Å². The largest absolute Gasteiger partial charge is 0.280 e. The minimum atomic E-state index is -3.26. The van der Waals surface area contributed by atoms with Gasteiger partial charge in [0, 0.05) is 22.5 Å². The molecule has 0 bridgehead atoms. The van der Waals surface area contributed by atoms with Gasteiger partial charge in [-0.05, 0) is 51.7 Å². The van der Waals surface area contributed by atoms with E-state index < -0.39 is 15.3 Å². The summed E-state index contributed by atoms with van der Waals surface area (Å²) >= 11 is 6.06. The van der Waals surface area contributed by atoms with E-state index in [0.29, 0.717) is 16.3 Å². The number of nitriles is 1. The molecule has 1 aromatic carbocycles. The van der Waals surface area contributed by atoms with Crippen molar-refractivity contribution in [2.45, 2.75) is 56.7 Å². The van der Waals surface area contributed by atoms with E-state index in [-0.39, 0.29) is 12.0 Å². The first-order valence-electron chi connectivity index (χ1n) is 9.07. The number of aromatic nitrogens is 2. The number of nitrogens with zero attached hydrogens (tertiary/aromatic N) is 2. The molecular formula is C19H23ClN4O2S. The van der Waals surface area contributed by atoms with Crippen molar-refractivity contribution < 1.29 is 8.42 Å². The maximum absolute atomic E-state index is 12.1. The number of sulfonamides is 1. The summed E-state index contributed by atoms with van der Waals surface area (Å²) in [7, 11) is -3.26. The smallest absolute Gasteiger partial charge is 0.214 e. The fraction of sp³-hybridized carbons (Fsp3) is 0.474. The van der Waals surface area contributed by atoms with Gasteiger partial charge in [-0.25, -0.2) is 13.1 Å². The molecule has 0 radical (unpaired) electrons. The second-order valence-corrected chi connectivity index (χ2v) is 9.95. The van der Waals surface area contributed by atoms with Gasteiger partial charge in [-0.2, -0.15) is 10.4 Å². The topological polar surface area (TPSA) is 98.6 Å². The van der Waals surface area contributed by atoms with Gasteiger partial charge < -0.3 is 0 Å². The standard InChI is InChI=1S/C19H23ClN4O2S/c1-12(2)27(25,26)24-16-8-6-13(7-9-16)18-17(11-21)19(23-22-18)14-4-3-5-15(20)10-14/h3-5,10,12-13,16,24H,6-9H2,1-2H3,(H,22,23). The summed E-state index contributed by atoms with van der Waals surface area (Å²) in [5.74, 6) is 0.167. The van der Waals surface area contributed by atoms with Crippen LogP contribution in [-0.4, -0.2) is 29.9 Å². The van der Waals surface area contributed by atoms with Crippen LogP contribution in [0.1, 0.15) is 56.7 Å². The Morgan fingerprint density at radius 2 is 2.00 bits per heavy atom. The van der Waals surface area contributed by atoms with Crippen LogP contribution in [0.4, 0.5) is 0 Å². The summed E-state index contributed by atoms with van der Waals surface area (Å²) in [5.41, 5.74) is 2.79. The third-order valence-electron chi connectivity index (χ3n) is 5.09. The Labute approximate surface area is 165 Å². The lowest BCUT2D eigenvalue weighted by molar-refractivity contribution is 0.368. The SMILES string of the molecule is CC(C)S(=O)(=O)NC1CCC(c2[nH]nc(-c3cccc(Cl)c3)c2C#N)CC1. The minimum Gasteiger partial charge on any atom is -0.280 e. The summed E-state index contributed by atoms with van der Waals surface area (Å²) < 4.78 is 26.9. The Morgan fingerprint density at radius 3 is 2.59 bits per heavy atom. The van der Waals surface area contributed by atoms with E-state index in [2.05, 4.69) is 21.0 Å². The average molecular weight is 407 g/mol. The molecule has 1 aromatic heterocycles. The highest BCUT2D eigenvalue weighted by molar-refractivity contribution is 7.90. The number of hydrogen-bond donors (Lipinski definition) is 2. The minimum absolute atomic E-state index is 0.0468. The molecule has 1 aliphatic carbocycles. The summed E-state index contributed by atoms with van der Waals surface area (Å²) in [6, 6.07) is 9.51. The van der Waals surface area contributed by atoms with Crippen LogP contribution < -0.4 is 4.72 Å². The maximum Gasteiger partial charge on any atom is 0.214 e. The predicted molar refractivity (Wildman–Crippen MR) is 106 cm³/mol. The van der Waals surface area contributed by atoms with Crippen LogP contribution in [0.15, 0.2) is 24.3 Å². The highest BCUT2D eigenvalue weighted by Crippen LogP contribution is 2.36. The van der Waals surface area contributed by atoms with Crippen LogP contribution in [0, 0.1) is 11.3 Å². The van der Waals surface area contributed by atoms with Crippen LogP contribution >= 0.6 is 11.6 Å². The van der Waals surface area contributed by atoms with Crippen molar-refractivity contribution in [2.24, 2.45) is 0 Å². The second kappa shape index (κ2) is 8.01. The van der Waals surface area contributed by atoms with Gasteiger partial charge in [0.1, 0.15) is 17.3 Å². The Kier molecular flexibility index (Phi) is 5.89. The molecule has 1 saturated carbocycles. The van der Waals surface area contributed by atoms with Crippen molar-refractivity contribution in [2.75, 3.05) is 0 Å². The van der Waals surface area contributed by atoms with E-state index >= 15 is 0 Å². The first-order valence-corrected chi connectivity index (χ1v) is 11.0. The highest BCUT2D eigenvalue weighted by Gasteiger charge is 2.30. The first-order chi connectivity index (χ1) is 12.8. The molecule has 2 aromatic rings. The van der Waals surface area contributed by atoms with E-state index in [1.807, 2.05) is 12.1 Å². The molecule has 27 heavy (non-hydrogen) atoms. The highest BCUT2D eigenvalue weighted by atomic mass is 35.5. The molecule has 144 valence electrons. The number of H-pyrrole nitrogens is 1. The van der Waals surface area contributed by atoms with Gasteiger partial charge in [0.25, 0.3) is 0 Å². The third kappa shape index (κ3) is 4.34. The number of nitrogens with one attached hydrogen (secondary N) is 2. The van der Waals surface area contributed by atoms with Crippen molar-refractivity contribution >= 4 is 21.6 Å². The summed E-state index contributed by atoms with van der Waals surface area (Å²) in [6.07, 6.45) is 3.09. The summed E-state index contributed by atoms with van der Waals surface area (Å²) in [6.45, 7) is 3.35. The molecule has 1 aliphatic rings. The molecule has 6 nitrogen and oxygen atoms in total. The molecule has 3 rings (SSSR count). The monoisotopic (exact) mass is 406 g/mol. The fourth-order valence-corrected chi connectivity index (χ4v) is 4.64. The van der Waals surface area contributed by atoms with E-state index in [4.69, 9.17) is 11.6 Å². The van der Waals surface area contributed by atoms with E-state index in [1.54, 1.807) is 26.0 Å². The van der Waals surface area contributed by atoms with Crippen LogP contribution in [0.2, 0.25) is 5.02 Å². The average Bonchev–Trinajstić information content (AvgIpc) is 3.06. The van der Waals surface area contributed by atoms with Gasteiger partial charge in [0.05, 0.1) is 10.9 Å². The van der Waals surface area contributed by atoms with Crippen molar-refractivity contribution in [1.82, 2.24) is 14.9 Å². The molecule has 0 aliphatic heterocycles. The zero-order valence-electron chi connectivity index (χ0n) is 15.4. The van der Waals surface area contributed by atoms with Crippen molar-refractivity contribution in [3.05, 3.63) is 40.5 Å². The third-order valence-corrected chi connectivity index (χ3v) is 7.23. The zero-order chi connectivity index (χ0) is 19.6. The van der Waals surface area contributed by atoms with Gasteiger partial charge in [0.2, 0.25) is 10.0 Å². The number of aromatic amines is 1. The van der Waals surface area contributed by atoms with Gasteiger partial charge in [0.15, 0.2) is 0 Å². The number of benzene rings is 1. The first kappa shape index (κ1) is 19.9. The summed E-state index contributed by atoms with van der Waals surface area (Å²) in [4.78, 5) is 0. The summed E-state index contributed by atoms with van der Waals surface area (Å²) in [5, 5.41) is 17.2. The molecule has 0 saturated heterocycles. The predicted octanol–water partition coefficient (Wildman–Crippen LogP) is 3.96. The quantitative estimate of drug-likeness (QED) is 0.785. The molecule has 1 fully saturated rings. The zero-order valence-corrected chi connectivity index (χ0v) is 16.9. The van der Waals surface area contributed by atoms with E-state index in [0.717, 1.165) is 36.9 Å². The van der Waals surface area contributed by atoms with Crippen molar-refractivity contribution in [3.63, 3.8) is 0 Å². The van der Waals surface area contributed by atoms with Crippen LogP contribution in [0.5, 0.6) is 0 Å².